The van der Waals surface area contributed by atoms with Crippen molar-refractivity contribution in [3.63, 3.8) is 0 Å². The maximum Gasteiger partial charge on any atom is 0.150 e. The summed E-state index contributed by atoms with van der Waals surface area (Å²) in [7, 11) is 0. The summed E-state index contributed by atoms with van der Waals surface area (Å²) in [5.41, 5.74) is 1.85. The highest BCUT2D eigenvalue weighted by Gasteiger charge is 2.01. The third kappa shape index (κ3) is 2.54. The Bertz CT molecular complexity index is 563. The molecule has 0 unspecified atom stereocenters. The lowest BCUT2D eigenvalue weighted by atomic mass is 10.2. The van der Waals surface area contributed by atoms with Gasteiger partial charge in [-0.25, -0.2) is 0 Å². The number of benzene rings is 1. The van der Waals surface area contributed by atoms with E-state index >= 15 is 0 Å². The lowest BCUT2D eigenvalue weighted by molar-refractivity contribution is 0.112. The van der Waals surface area contributed by atoms with E-state index in [4.69, 9.17) is 5.26 Å². The minimum Gasteiger partial charge on any atom is -0.347 e. The zero-order chi connectivity index (χ0) is 12.1. The predicted molar refractivity (Wildman–Crippen MR) is 66.8 cm³/mol. The van der Waals surface area contributed by atoms with Gasteiger partial charge < -0.3 is 4.57 Å². The molecule has 2 aromatic rings. The van der Waals surface area contributed by atoms with Gasteiger partial charge >= 0.3 is 0 Å². The van der Waals surface area contributed by atoms with E-state index < -0.39 is 0 Å². The maximum atomic E-state index is 10.7. The molecule has 0 saturated heterocycles. The second kappa shape index (κ2) is 5.31. The Morgan fingerprint density at radius 2 is 2.18 bits per heavy atom. The van der Waals surface area contributed by atoms with Gasteiger partial charge in [0.2, 0.25) is 0 Å². The highest BCUT2D eigenvalue weighted by Crippen LogP contribution is 2.17. The van der Waals surface area contributed by atoms with Crippen LogP contribution in [0.1, 0.15) is 29.6 Å². The molecule has 0 aliphatic carbocycles. The van der Waals surface area contributed by atoms with Gasteiger partial charge in [-0.05, 0) is 37.1 Å². The highest BCUT2D eigenvalue weighted by molar-refractivity contribution is 5.87. The first-order valence-corrected chi connectivity index (χ1v) is 5.76. The van der Waals surface area contributed by atoms with Gasteiger partial charge in [0.1, 0.15) is 6.29 Å². The average molecular weight is 226 g/mol. The van der Waals surface area contributed by atoms with Crippen LogP contribution in [0.5, 0.6) is 0 Å². The zero-order valence-electron chi connectivity index (χ0n) is 9.60. The minimum absolute atomic E-state index is 0.620. The topological polar surface area (TPSA) is 45.8 Å². The van der Waals surface area contributed by atoms with Gasteiger partial charge in [-0.1, -0.05) is 0 Å². The number of unbranched alkanes of at least 4 members (excludes halogenated alkanes) is 2. The molecule has 17 heavy (non-hydrogen) atoms. The van der Waals surface area contributed by atoms with Crippen LogP contribution in [0.15, 0.2) is 30.5 Å². The number of rotatable bonds is 5. The molecule has 0 bridgehead atoms. The van der Waals surface area contributed by atoms with E-state index in [0.29, 0.717) is 12.0 Å². The van der Waals surface area contributed by atoms with Crippen LogP contribution < -0.4 is 0 Å². The van der Waals surface area contributed by atoms with Crippen LogP contribution in [0.4, 0.5) is 0 Å². The first kappa shape index (κ1) is 11.4. The van der Waals surface area contributed by atoms with Gasteiger partial charge in [-0.3, -0.25) is 4.79 Å². The first-order valence-electron chi connectivity index (χ1n) is 5.76. The molecule has 3 nitrogen and oxygen atoms in total. The summed E-state index contributed by atoms with van der Waals surface area (Å²) in [6, 6.07) is 9.88. The fraction of sp³-hybridized carbons (Fsp3) is 0.286. The van der Waals surface area contributed by atoms with E-state index in [9.17, 15) is 4.79 Å². The largest absolute Gasteiger partial charge is 0.347 e. The Morgan fingerprint density at radius 1 is 1.29 bits per heavy atom. The standard InChI is InChI=1S/C14H14N2O/c15-7-2-1-3-8-16-9-6-13-10-12(11-17)4-5-14(13)16/h4-6,9-11H,1-3,8H2. The van der Waals surface area contributed by atoms with Gasteiger partial charge in [0, 0.05) is 35.6 Å². The predicted octanol–water partition coefficient (Wildman–Crippen LogP) is 3.15. The van der Waals surface area contributed by atoms with Crippen LogP contribution >= 0.6 is 0 Å². The van der Waals surface area contributed by atoms with E-state index in [1.54, 1.807) is 0 Å². The molecule has 0 radical (unpaired) electrons. The number of aldehydes is 1. The molecule has 0 fully saturated rings. The van der Waals surface area contributed by atoms with Crippen molar-refractivity contribution >= 4 is 17.2 Å². The Kier molecular flexibility index (Phi) is 3.56. The molecule has 0 aliphatic heterocycles. The Morgan fingerprint density at radius 3 is 2.94 bits per heavy atom. The Balaban J connectivity index is 2.13. The fourth-order valence-electron chi connectivity index (χ4n) is 1.97. The van der Waals surface area contributed by atoms with Crippen molar-refractivity contribution in [3.8, 4) is 6.07 Å². The molecule has 0 spiro atoms. The summed E-state index contributed by atoms with van der Waals surface area (Å²) in [5, 5.41) is 9.56. The van der Waals surface area contributed by atoms with Crippen molar-refractivity contribution in [1.82, 2.24) is 4.57 Å². The van der Waals surface area contributed by atoms with Crippen LogP contribution in [-0.4, -0.2) is 10.9 Å². The van der Waals surface area contributed by atoms with E-state index in [0.717, 1.165) is 36.6 Å². The van der Waals surface area contributed by atoms with E-state index in [2.05, 4.69) is 10.6 Å². The Labute approximate surface area is 100 Å². The molecule has 0 amide bonds. The molecule has 0 saturated carbocycles. The van der Waals surface area contributed by atoms with Crippen LogP contribution in [0.25, 0.3) is 10.9 Å². The summed E-state index contributed by atoms with van der Waals surface area (Å²) in [5.74, 6) is 0. The van der Waals surface area contributed by atoms with E-state index in [-0.39, 0.29) is 0 Å². The number of nitrogens with zero attached hydrogens (tertiary/aromatic N) is 2. The number of hydrogen-bond acceptors (Lipinski definition) is 2. The summed E-state index contributed by atoms with van der Waals surface area (Å²) in [6.07, 6.45) is 5.46. The molecule has 3 heteroatoms. The van der Waals surface area contributed by atoms with Crippen molar-refractivity contribution in [1.29, 1.82) is 5.26 Å². The second-order valence-corrected chi connectivity index (χ2v) is 4.06. The molecule has 2 rings (SSSR count). The van der Waals surface area contributed by atoms with Crippen LogP contribution in [0.3, 0.4) is 0 Å². The maximum absolute atomic E-state index is 10.7. The first-order chi connectivity index (χ1) is 8.35. The third-order valence-corrected chi connectivity index (χ3v) is 2.87. The summed E-state index contributed by atoms with van der Waals surface area (Å²) >= 11 is 0. The number of aryl methyl sites for hydroxylation is 1. The number of fused-ring (bicyclic) bond motifs is 1. The highest BCUT2D eigenvalue weighted by atomic mass is 16.1. The lowest BCUT2D eigenvalue weighted by Gasteiger charge is -2.04. The SMILES string of the molecule is N#CCCCCn1ccc2cc(C=O)ccc21. The minimum atomic E-state index is 0.620. The quantitative estimate of drug-likeness (QED) is 0.580. The number of nitriles is 1. The number of carbonyl (C=O) groups excluding carboxylic acids is 1. The lowest BCUT2D eigenvalue weighted by Crippen LogP contribution is -1.95. The molecule has 1 heterocycles. The van der Waals surface area contributed by atoms with Crippen molar-refractivity contribution in [3.05, 3.63) is 36.0 Å². The third-order valence-electron chi connectivity index (χ3n) is 2.87. The van der Waals surface area contributed by atoms with Crippen molar-refractivity contribution in [2.75, 3.05) is 0 Å². The zero-order valence-corrected chi connectivity index (χ0v) is 9.60. The summed E-state index contributed by atoms with van der Waals surface area (Å²) in [4.78, 5) is 10.7. The normalized spacial score (nSPS) is 10.3. The summed E-state index contributed by atoms with van der Waals surface area (Å²) < 4.78 is 2.17. The smallest absolute Gasteiger partial charge is 0.150 e. The molecule has 1 aromatic carbocycles. The van der Waals surface area contributed by atoms with Crippen molar-refractivity contribution < 1.29 is 4.79 Å². The van der Waals surface area contributed by atoms with E-state index in [1.807, 2.05) is 30.5 Å². The molecule has 86 valence electrons. The summed E-state index contributed by atoms with van der Waals surface area (Å²) in [6.45, 7) is 0.922. The van der Waals surface area contributed by atoms with Gasteiger partial charge in [0.15, 0.2) is 0 Å². The number of aromatic nitrogens is 1. The second-order valence-electron chi connectivity index (χ2n) is 4.06. The monoisotopic (exact) mass is 226 g/mol. The molecular formula is C14H14N2O. The number of hydrogen-bond donors (Lipinski definition) is 0. The molecule has 1 aromatic heterocycles. The van der Waals surface area contributed by atoms with Crippen LogP contribution in [0.2, 0.25) is 0 Å². The Hall–Kier alpha value is -2.08. The molecule has 0 N–H and O–H groups in total. The fourth-order valence-corrected chi connectivity index (χ4v) is 1.97. The van der Waals surface area contributed by atoms with Crippen molar-refractivity contribution in [2.45, 2.75) is 25.8 Å². The number of carbonyl (C=O) groups is 1. The van der Waals surface area contributed by atoms with Gasteiger partial charge in [-0.15, -0.1) is 0 Å². The van der Waals surface area contributed by atoms with Crippen LogP contribution in [0, 0.1) is 11.3 Å². The molecule has 0 atom stereocenters. The van der Waals surface area contributed by atoms with E-state index in [1.165, 1.54) is 0 Å². The molecular weight excluding hydrogens is 212 g/mol. The van der Waals surface area contributed by atoms with Crippen LogP contribution in [-0.2, 0) is 6.54 Å². The van der Waals surface area contributed by atoms with Gasteiger partial charge in [0.05, 0.1) is 6.07 Å². The van der Waals surface area contributed by atoms with Gasteiger partial charge in [0.25, 0.3) is 0 Å². The van der Waals surface area contributed by atoms with Crippen molar-refractivity contribution in [2.24, 2.45) is 0 Å². The van der Waals surface area contributed by atoms with Gasteiger partial charge in [-0.2, -0.15) is 5.26 Å². The molecule has 0 aliphatic rings. The average Bonchev–Trinajstić information content (AvgIpc) is 2.77.